The molecule has 1 aliphatic rings. The van der Waals surface area contributed by atoms with E-state index in [1.165, 1.54) is 6.26 Å². The molecule has 1 atom stereocenters. The van der Waals surface area contributed by atoms with E-state index >= 15 is 0 Å². The van der Waals surface area contributed by atoms with Crippen molar-refractivity contribution in [3.8, 4) is 0 Å². The molecule has 1 heterocycles. The minimum absolute atomic E-state index is 0.0687. The van der Waals surface area contributed by atoms with E-state index in [9.17, 15) is 8.42 Å². The highest BCUT2D eigenvalue weighted by atomic mass is 32.2. The summed E-state index contributed by atoms with van der Waals surface area (Å²) in [6.07, 6.45) is 2.23. The number of rotatable bonds is 3. The van der Waals surface area contributed by atoms with Crippen molar-refractivity contribution in [2.75, 3.05) is 24.7 Å². The van der Waals surface area contributed by atoms with Crippen LogP contribution in [0.25, 0.3) is 0 Å². The van der Waals surface area contributed by atoms with E-state index in [0.717, 1.165) is 19.5 Å². The molecule has 1 saturated heterocycles. The third-order valence-corrected chi connectivity index (χ3v) is 4.25. The molecule has 5 heteroatoms. The van der Waals surface area contributed by atoms with Gasteiger partial charge in [0, 0.05) is 18.3 Å². The van der Waals surface area contributed by atoms with Crippen LogP contribution in [0.2, 0.25) is 0 Å². The van der Waals surface area contributed by atoms with Crippen molar-refractivity contribution in [3.05, 3.63) is 24.3 Å². The van der Waals surface area contributed by atoms with Crippen LogP contribution in [0.4, 0.5) is 5.69 Å². The SMILES string of the molecule is CC1(Nc2ccccc2S(C)(=O)=O)CCNC1. The summed E-state index contributed by atoms with van der Waals surface area (Å²) in [4.78, 5) is 0.369. The lowest BCUT2D eigenvalue weighted by molar-refractivity contribution is 0.564. The molecule has 1 aromatic carbocycles. The number of benzene rings is 1. The van der Waals surface area contributed by atoms with E-state index in [1.807, 2.05) is 12.1 Å². The van der Waals surface area contributed by atoms with E-state index in [-0.39, 0.29) is 5.54 Å². The second kappa shape index (κ2) is 4.31. The molecule has 0 aliphatic carbocycles. The largest absolute Gasteiger partial charge is 0.377 e. The first-order chi connectivity index (χ1) is 7.91. The van der Waals surface area contributed by atoms with Crippen LogP contribution in [-0.4, -0.2) is 33.3 Å². The molecule has 0 saturated carbocycles. The molecule has 4 nitrogen and oxygen atoms in total. The van der Waals surface area contributed by atoms with Crippen molar-refractivity contribution in [2.24, 2.45) is 0 Å². The van der Waals surface area contributed by atoms with Gasteiger partial charge in [0.15, 0.2) is 9.84 Å². The van der Waals surface area contributed by atoms with Crippen LogP contribution in [0.3, 0.4) is 0 Å². The molecule has 1 aliphatic heterocycles. The maximum absolute atomic E-state index is 11.7. The number of hydrogen-bond donors (Lipinski definition) is 2. The molecule has 94 valence electrons. The molecule has 1 unspecified atom stereocenters. The molecule has 0 amide bonds. The first-order valence-corrected chi connectivity index (χ1v) is 7.58. The van der Waals surface area contributed by atoms with Crippen molar-refractivity contribution in [3.63, 3.8) is 0 Å². The smallest absolute Gasteiger partial charge is 0.177 e. The number of anilines is 1. The predicted octanol–water partition coefficient (Wildman–Crippen LogP) is 1.25. The summed E-state index contributed by atoms with van der Waals surface area (Å²) in [5.41, 5.74) is 0.627. The van der Waals surface area contributed by atoms with Crippen molar-refractivity contribution in [1.82, 2.24) is 5.32 Å². The Balaban J connectivity index is 2.33. The minimum atomic E-state index is -3.18. The molecule has 0 spiro atoms. The quantitative estimate of drug-likeness (QED) is 0.852. The molecule has 1 fully saturated rings. The van der Waals surface area contributed by atoms with Gasteiger partial charge in [-0.2, -0.15) is 0 Å². The number of sulfone groups is 1. The van der Waals surface area contributed by atoms with Crippen molar-refractivity contribution in [2.45, 2.75) is 23.8 Å². The maximum Gasteiger partial charge on any atom is 0.177 e. The fraction of sp³-hybridized carbons (Fsp3) is 0.500. The van der Waals surface area contributed by atoms with Gasteiger partial charge in [0.2, 0.25) is 0 Å². The number of nitrogens with one attached hydrogen (secondary N) is 2. The van der Waals surface area contributed by atoms with Crippen LogP contribution in [0, 0.1) is 0 Å². The Morgan fingerprint density at radius 3 is 2.65 bits per heavy atom. The van der Waals surface area contributed by atoms with Crippen molar-refractivity contribution < 1.29 is 8.42 Å². The zero-order chi connectivity index (χ0) is 12.5. The second-order valence-corrected chi connectivity index (χ2v) is 6.86. The van der Waals surface area contributed by atoms with Crippen LogP contribution < -0.4 is 10.6 Å². The third kappa shape index (κ3) is 2.79. The van der Waals surface area contributed by atoms with Gasteiger partial charge in [-0.05, 0) is 32.0 Å². The monoisotopic (exact) mass is 254 g/mol. The maximum atomic E-state index is 11.7. The van der Waals surface area contributed by atoms with Crippen LogP contribution in [0.5, 0.6) is 0 Å². The lowest BCUT2D eigenvalue weighted by Crippen LogP contribution is -2.37. The Morgan fingerprint density at radius 1 is 1.35 bits per heavy atom. The molecular formula is C12H18N2O2S. The van der Waals surface area contributed by atoms with E-state index in [0.29, 0.717) is 10.6 Å². The number of hydrogen-bond acceptors (Lipinski definition) is 4. The van der Waals surface area contributed by atoms with Crippen LogP contribution >= 0.6 is 0 Å². The van der Waals surface area contributed by atoms with Crippen LogP contribution in [-0.2, 0) is 9.84 Å². The third-order valence-electron chi connectivity index (χ3n) is 3.09. The average molecular weight is 254 g/mol. The summed E-state index contributed by atoms with van der Waals surface area (Å²) in [5, 5.41) is 6.63. The predicted molar refractivity (Wildman–Crippen MR) is 69.1 cm³/mol. The van der Waals surface area contributed by atoms with Gasteiger partial charge in [0.25, 0.3) is 0 Å². The van der Waals surface area contributed by atoms with Gasteiger partial charge < -0.3 is 10.6 Å². The summed E-state index contributed by atoms with van der Waals surface area (Å²) in [5.74, 6) is 0. The Bertz CT molecular complexity index is 505. The first kappa shape index (κ1) is 12.4. The van der Waals surface area contributed by atoms with Crippen molar-refractivity contribution in [1.29, 1.82) is 0 Å². The summed E-state index contributed by atoms with van der Waals surface area (Å²) < 4.78 is 23.4. The summed E-state index contributed by atoms with van der Waals surface area (Å²) in [7, 11) is -3.18. The zero-order valence-electron chi connectivity index (χ0n) is 10.2. The molecule has 0 radical (unpaired) electrons. The van der Waals surface area contributed by atoms with Gasteiger partial charge in [-0.1, -0.05) is 12.1 Å². The Labute approximate surface area is 102 Å². The van der Waals surface area contributed by atoms with Gasteiger partial charge in [-0.3, -0.25) is 0 Å². The second-order valence-electron chi connectivity index (χ2n) is 4.88. The van der Waals surface area contributed by atoms with Gasteiger partial charge in [-0.15, -0.1) is 0 Å². The van der Waals surface area contributed by atoms with E-state index in [4.69, 9.17) is 0 Å². The molecule has 1 aromatic rings. The lowest BCUT2D eigenvalue weighted by Gasteiger charge is -2.27. The number of para-hydroxylation sites is 1. The highest BCUT2D eigenvalue weighted by Gasteiger charge is 2.29. The molecule has 0 bridgehead atoms. The molecular weight excluding hydrogens is 236 g/mol. The van der Waals surface area contributed by atoms with Crippen molar-refractivity contribution >= 4 is 15.5 Å². The van der Waals surface area contributed by atoms with E-state index < -0.39 is 9.84 Å². The highest BCUT2D eigenvalue weighted by molar-refractivity contribution is 7.90. The normalized spacial score (nSPS) is 24.8. The Kier molecular flexibility index (Phi) is 3.14. The summed E-state index contributed by atoms with van der Waals surface area (Å²) in [6.45, 7) is 3.92. The Hall–Kier alpha value is -1.07. The minimum Gasteiger partial charge on any atom is -0.377 e. The lowest BCUT2D eigenvalue weighted by atomic mass is 10.0. The van der Waals surface area contributed by atoms with Crippen LogP contribution in [0.15, 0.2) is 29.2 Å². The summed E-state index contributed by atoms with van der Waals surface area (Å²) >= 11 is 0. The zero-order valence-corrected chi connectivity index (χ0v) is 11.0. The standard InChI is InChI=1S/C12H18N2O2S/c1-12(7-8-13-9-12)14-10-5-3-4-6-11(10)17(2,15)16/h3-6,13-14H,7-9H2,1-2H3. The van der Waals surface area contributed by atoms with Gasteiger partial charge in [-0.25, -0.2) is 8.42 Å². The topological polar surface area (TPSA) is 58.2 Å². The Morgan fingerprint density at radius 2 is 2.06 bits per heavy atom. The average Bonchev–Trinajstić information content (AvgIpc) is 2.64. The molecule has 2 N–H and O–H groups in total. The van der Waals surface area contributed by atoms with Gasteiger partial charge >= 0.3 is 0 Å². The van der Waals surface area contributed by atoms with E-state index in [2.05, 4.69) is 17.6 Å². The van der Waals surface area contributed by atoms with Crippen LogP contribution in [0.1, 0.15) is 13.3 Å². The fourth-order valence-electron chi connectivity index (χ4n) is 2.14. The highest BCUT2D eigenvalue weighted by Crippen LogP contribution is 2.26. The first-order valence-electron chi connectivity index (χ1n) is 5.69. The summed E-state index contributed by atoms with van der Waals surface area (Å²) in [6, 6.07) is 7.06. The van der Waals surface area contributed by atoms with Gasteiger partial charge in [0.05, 0.1) is 10.6 Å². The van der Waals surface area contributed by atoms with Gasteiger partial charge in [0.1, 0.15) is 0 Å². The molecule has 0 aromatic heterocycles. The molecule has 2 rings (SSSR count). The molecule has 17 heavy (non-hydrogen) atoms. The fourth-order valence-corrected chi connectivity index (χ4v) is 2.99. The van der Waals surface area contributed by atoms with E-state index in [1.54, 1.807) is 12.1 Å².